The van der Waals surface area contributed by atoms with E-state index in [9.17, 15) is 9.59 Å². The number of thiophene rings is 1. The van der Waals surface area contributed by atoms with Crippen LogP contribution in [0.3, 0.4) is 0 Å². The van der Waals surface area contributed by atoms with Gasteiger partial charge in [0.1, 0.15) is 6.54 Å². The van der Waals surface area contributed by atoms with Crippen molar-refractivity contribution in [3.63, 3.8) is 0 Å². The highest BCUT2D eigenvalue weighted by Crippen LogP contribution is 2.19. The summed E-state index contributed by atoms with van der Waals surface area (Å²) in [5, 5.41) is 10.7. The Bertz CT molecular complexity index is 1060. The molecule has 1 aromatic carbocycles. The molecule has 4 rings (SSSR count). The topological polar surface area (TPSA) is 69.6 Å². The van der Waals surface area contributed by atoms with E-state index in [1.807, 2.05) is 64.9 Å². The highest BCUT2D eigenvalue weighted by molar-refractivity contribution is 7.12. The van der Waals surface area contributed by atoms with Gasteiger partial charge >= 0.3 is 0 Å². The van der Waals surface area contributed by atoms with Crippen molar-refractivity contribution in [3.05, 3.63) is 64.9 Å². The van der Waals surface area contributed by atoms with Crippen molar-refractivity contribution in [2.45, 2.75) is 20.3 Å². The summed E-state index contributed by atoms with van der Waals surface area (Å²) in [6, 6.07) is 17.6. The average molecular weight is 478 g/mol. The minimum Gasteiger partial charge on any atom is -0.352 e. The van der Waals surface area contributed by atoms with Crippen LogP contribution in [0.2, 0.25) is 0 Å². The molecule has 1 fully saturated rings. The quantitative estimate of drug-likeness (QED) is 0.490. The van der Waals surface area contributed by atoms with Gasteiger partial charge in [-0.3, -0.25) is 9.59 Å². The predicted octanol–water partition coefficient (Wildman–Crippen LogP) is 4.04. The van der Waals surface area contributed by atoms with E-state index in [1.54, 1.807) is 4.90 Å². The zero-order valence-electron chi connectivity index (χ0n) is 19.8. The molecule has 8 heteroatoms. The van der Waals surface area contributed by atoms with E-state index in [2.05, 4.69) is 28.9 Å². The number of carbonyl (C=O) groups is 2. The third-order valence-corrected chi connectivity index (χ3v) is 6.86. The van der Waals surface area contributed by atoms with Crippen molar-refractivity contribution in [2.75, 3.05) is 44.2 Å². The molecule has 34 heavy (non-hydrogen) atoms. The van der Waals surface area contributed by atoms with Crippen LogP contribution in [0.15, 0.2) is 60.0 Å². The second kappa shape index (κ2) is 11.2. The van der Waals surface area contributed by atoms with Crippen LogP contribution < -0.4 is 4.90 Å². The first-order valence-electron chi connectivity index (χ1n) is 11.8. The van der Waals surface area contributed by atoms with E-state index >= 15 is 0 Å². The Balaban J connectivity index is 1.33. The maximum absolute atomic E-state index is 13.1. The number of rotatable bonds is 8. The third-order valence-electron chi connectivity index (χ3n) is 6.00. The minimum absolute atomic E-state index is 0.00109. The molecule has 2 aromatic heterocycles. The maximum Gasteiger partial charge on any atom is 0.264 e. The predicted molar refractivity (Wildman–Crippen MR) is 136 cm³/mol. The van der Waals surface area contributed by atoms with Crippen LogP contribution in [0.5, 0.6) is 0 Å². The van der Waals surface area contributed by atoms with Gasteiger partial charge in [0.2, 0.25) is 5.91 Å². The van der Waals surface area contributed by atoms with Crippen LogP contribution in [0.4, 0.5) is 5.82 Å². The van der Waals surface area contributed by atoms with E-state index in [4.69, 9.17) is 0 Å². The Morgan fingerprint density at radius 1 is 0.971 bits per heavy atom. The summed E-state index contributed by atoms with van der Waals surface area (Å²) in [6.07, 6.45) is 0.871. The van der Waals surface area contributed by atoms with Crippen LogP contribution in [0.1, 0.15) is 29.9 Å². The van der Waals surface area contributed by atoms with E-state index in [1.165, 1.54) is 11.3 Å². The lowest BCUT2D eigenvalue weighted by Gasteiger charge is -2.36. The van der Waals surface area contributed by atoms with Crippen molar-refractivity contribution in [2.24, 2.45) is 5.92 Å². The summed E-state index contributed by atoms with van der Waals surface area (Å²) in [6.45, 7) is 7.55. The Labute approximate surface area is 205 Å². The smallest absolute Gasteiger partial charge is 0.264 e. The fourth-order valence-corrected chi connectivity index (χ4v) is 4.62. The summed E-state index contributed by atoms with van der Waals surface area (Å²) in [5.74, 6) is 1.22. The first kappa shape index (κ1) is 23.9. The number of nitrogens with zero attached hydrogens (tertiary/aromatic N) is 5. The van der Waals surface area contributed by atoms with Crippen molar-refractivity contribution in [1.29, 1.82) is 0 Å². The lowest BCUT2D eigenvalue weighted by atomic mass is 10.1. The molecule has 0 aliphatic carbocycles. The summed E-state index contributed by atoms with van der Waals surface area (Å²) >= 11 is 1.42. The Hall–Kier alpha value is -3.26. The molecule has 0 saturated carbocycles. The molecular weight excluding hydrogens is 446 g/mol. The number of hydrogen-bond acceptors (Lipinski definition) is 6. The van der Waals surface area contributed by atoms with Gasteiger partial charge in [-0.15, -0.1) is 21.5 Å². The molecule has 1 aliphatic heterocycles. The second-order valence-corrected chi connectivity index (χ2v) is 9.84. The van der Waals surface area contributed by atoms with Gasteiger partial charge in [0.15, 0.2) is 5.82 Å². The lowest BCUT2D eigenvalue weighted by molar-refractivity contribution is -0.132. The van der Waals surface area contributed by atoms with Gasteiger partial charge < -0.3 is 14.7 Å². The van der Waals surface area contributed by atoms with Crippen LogP contribution in [-0.4, -0.2) is 71.1 Å². The summed E-state index contributed by atoms with van der Waals surface area (Å²) in [5.41, 5.74) is 1.88. The molecule has 0 atom stereocenters. The zero-order valence-corrected chi connectivity index (χ0v) is 20.6. The first-order chi connectivity index (χ1) is 16.5. The lowest BCUT2D eigenvalue weighted by Crippen LogP contribution is -2.52. The summed E-state index contributed by atoms with van der Waals surface area (Å²) in [4.78, 5) is 32.4. The molecule has 7 nitrogen and oxygen atoms in total. The van der Waals surface area contributed by atoms with Gasteiger partial charge in [-0.25, -0.2) is 0 Å². The number of benzene rings is 1. The molecular formula is C26H31N5O2S. The molecule has 3 heterocycles. The molecule has 0 bridgehead atoms. The molecule has 0 spiro atoms. The van der Waals surface area contributed by atoms with Crippen molar-refractivity contribution < 1.29 is 9.59 Å². The summed E-state index contributed by atoms with van der Waals surface area (Å²) in [7, 11) is 0. The molecule has 0 radical (unpaired) electrons. The SMILES string of the molecule is CC(C)CCN(CC(=O)N1CCN(c2ccc(-c3ccccc3)nn2)CC1)C(=O)c1cccs1. The van der Waals surface area contributed by atoms with Crippen molar-refractivity contribution >= 4 is 29.0 Å². The van der Waals surface area contributed by atoms with Gasteiger partial charge in [0, 0.05) is 38.3 Å². The minimum atomic E-state index is -0.0589. The first-order valence-corrected chi connectivity index (χ1v) is 12.6. The number of aromatic nitrogens is 2. The molecule has 2 amide bonds. The van der Waals surface area contributed by atoms with Crippen molar-refractivity contribution in [3.8, 4) is 11.3 Å². The van der Waals surface area contributed by atoms with Gasteiger partial charge in [0.05, 0.1) is 10.6 Å². The van der Waals surface area contributed by atoms with Gasteiger partial charge in [-0.2, -0.15) is 0 Å². The van der Waals surface area contributed by atoms with E-state index < -0.39 is 0 Å². The van der Waals surface area contributed by atoms with Crippen LogP contribution in [0.25, 0.3) is 11.3 Å². The van der Waals surface area contributed by atoms with Crippen LogP contribution >= 0.6 is 11.3 Å². The van der Waals surface area contributed by atoms with Gasteiger partial charge in [-0.1, -0.05) is 50.2 Å². The number of piperazine rings is 1. The second-order valence-electron chi connectivity index (χ2n) is 8.90. The number of carbonyl (C=O) groups excluding carboxylic acids is 2. The standard InChI is InChI=1S/C26H31N5O2S/c1-20(2)12-13-31(26(33)23-9-6-18-34-23)19-25(32)30-16-14-29(15-17-30)24-11-10-22(27-28-24)21-7-4-3-5-8-21/h3-11,18,20H,12-17,19H2,1-2H3. The molecule has 178 valence electrons. The van der Waals surface area contributed by atoms with E-state index in [0.717, 1.165) is 23.5 Å². The molecule has 1 saturated heterocycles. The molecule has 0 unspecified atom stereocenters. The Kier molecular flexibility index (Phi) is 7.90. The van der Waals surface area contributed by atoms with Crippen molar-refractivity contribution in [1.82, 2.24) is 20.0 Å². The third kappa shape index (κ3) is 5.99. The highest BCUT2D eigenvalue weighted by Gasteiger charge is 2.26. The van der Waals surface area contributed by atoms with Gasteiger partial charge in [-0.05, 0) is 35.9 Å². The fourth-order valence-electron chi connectivity index (χ4n) is 3.93. The number of amides is 2. The molecule has 0 N–H and O–H groups in total. The normalized spacial score (nSPS) is 13.9. The monoisotopic (exact) mass is 477 g/mol. The average Bonchev–Trinajstić information content (AvgIpc) is 3.42. The maximum atomic E-state index is 13.1. The van der Waals surface area contributed by atoms with Gasteiger partial charge in [0.25, 0.3) is 5.91 Å². The Morgan fingerprint density at radius 3 is 2.35 bits per heavy atom. The molecule has 3 aromatic rings. The number of anilines is 1. The van der Waals surface area contributed by atoms with E-state index in [0.29, 0.717) is 43.5 Å². The van der Waals surface area contributed by atoms with Crippen LogP contribution in [0, 0.1) is 5.92 Å². The Morgan fingerprint density at radius 2 is 1.74 bits per heavy atom. The van der Waals surface area contributed by atoms with E-state index in [-0.39, 0.29) is 18.4 Å². The zero-order chi connectivity index (χ0) is 23.9. The molecule has 1 aliphatic rings. The van der Waals surface area contributed by atoms with Crippen LogP contribution in [-0.2, 0) is 4.79 Å². The summed E-state index contributed by atoms with van der Waals surface area (Å²) < 4.78 is 0. The largest absolute Gasteiger partial charge is 0.352 e. The highest BCUT2D eigenvalue weighted by atomic mass is 32.1. The number of hydrogen-bond donors (Lipinski definition) is 0. The fraction of sp³-hybridized carbons (Fsp3) is 0.385.